The third-order valence-electron chi connectivity index (χ3n) is 2.81. The van der Waals surface area contributed by atoms with Crippen LogP contribution in [0.4, 0.5) is 0 Å². The van der Waals surface area contributed by atoms with Gasteiger partial charge < -0.3 is 10.5 Å². The van der Waals surface area contributed by atoms with E-state index in [-0.39, 0.29) is 5.97 Å². The Kier molecular flexibility index (Phi) is 5.17. The molecule has 0 bridgehead atoms. The highest BCUT2D eigenvalue weighted by atomic mass is 35.5. The molecule has 0 aliphatic heterocycles. The summed E-state index contributed by atoms with van der Waals surface area (Å²) in [7, 11) is 0. The fraction of sp³-hybridized carbons (Fsp3) is 0.267. The van der Waals surface area contributed by atoms with Crippen LogP contribution in [0.2, 0.25) is 5.02 Å². The van der Waals surface area contributed by atoms with Crippen LogP contribution >= 0.6 is 22.9 Å². The van der Waals surface area contributed by atoms with E-state index >= 15 is 0 Å². The molecule has 0 saturated heterocycles. The van der Waals surface area contributed by atoms with Gasteiger partial charge in [0.05, 0.1) is 6.61 Å². The summed E-state index contributed by atoms with van der Waals surface area (Å²) in [6.45, 7) is 2.12. The molecule has 5 heteroatoms. The summed E-state index contributed by atoms with van der Waals surface area (Å²) in [5.74, 6) is -0.361. The third kappa shape index (κ3) is 3.60. The maximum Gasteiger partial charge on any atom is 0.323 e. The lowest BCUT2D eigenvalue weighted by Crippen LogP contribution is -2.34. The molecule has 2 aromatic rings. The minimum Gasteiger partial charge on any atom is -0.465 e. The van der Waals surface area contributed by atoms with E-state index < -0.39 is 6.04 Å². The molecule has 0 aliphatic rings. The Hall–Kier alpha value is -1.36. The van der Waals surface area contributed by atoms with Crippen LogP contribution in [0, 0.1) is 0 Å². The normalized spacial score (nSPS) is 12.2. The van der Waals surface area contributed by atoms with E-state index in [2.05, 4.69) is 0 Å². The zero-order chi connectivity index (χ0) is 14.5. The molecule has 1 heterocycles. The van der Waals surface area contributed by atoms with Gasteiger partial charge in [0.25, 0.3) is 0 Å². The van der Waals surface area contributed by atoms with Crippen molar-refractivity contribution in [2.75, 3.05) is 6.61 Å². The molecule has 0 radical (unpaired) electrons. The molecule has 0 saturated carbocycles. The molecule has 0 spiro atoms. The summed E-state index contributed by atoms with van der Waals surface area (Å²) in [5.41, 5.74) is 6.81. The zero-order valence-electron chi connectivity index (χ0n) is 11.1. The average Bonchev–Trinajstić information content (AvgIpc) is 2.87. The van der Waals surface area contributed by atoms with Crippen molar-refractivity contribution in [2.24, 2.45) is 5.73 Å². The van der Waals surface area contributed by atoms with Crippen molar-refractivity contribution in [2.45, 2.75) is 19.4 Å². The molecule has 2 N–H and O–H groups in total. The Labute approximate surface area is 127 Å². The molecule has 0 aliphatic carbocycles. The summed E-state index contributed by atoms with van der Waals surface area (Å²) in [5, 5.41) is 0.718. The van der Waals surface area contributed by atoms with E-state index in [1.54, 1.807) is 18.3 Å². The summed E-state index contributed by atoms with van der Waals surface area (Å²) in [4.78, 5) is 13.6. The second-order valence-electron chi connectivity index (χ2n) is 4.31. The Morgan fingerprint density at radius 2 is 2.10 bits per heavy atom. The Bertz CT molecular complexity index is 597. The van der Waals surface area contributed by atoms with Gasteiger partial charge in [0.15, 0.2) is 0 Å². The molecule has 1 aromatic heterocycles. The predicted molar refractivity (Wildman–Crippen MR) is 83.1 cm³/mol. The number of hydrogen-bond acceptors (Lipinski definition) is 4. The lowest BCUT2D eigenvalue weighted by molar-refractivity contribution is -0.144. The van der Waals surface area contributed by atoms with Crippen molar-refractivity contribution in [1.82, 2.24) is 0 Å². The Morgan fingerprint density at radius 1 is 1.35 bits per heavy atom. The van der Waals surface area contributed by atoms with E-state index in [0.29, 0.717) is 13.0 Å². The highest BCUT2D eigenvalue weighted by Crippen LogP contribution is 2.33. The van der Waals surface area contributed by atoms with E-state index in [4.69, 9.17) is 22.1 Å². The van der Waals surface area contributed by atoms with Crippen molar-refractivity contribution < 1.29 is 9.53 Å². The maximum atomic E-state index is 11.5. The van der Waals surface area contributed by atoms with Gasteiger partial charge in [-0.2, -0.15) is 0 Å². The van der Waals surface area contributed by atoms with Gasteiger partial charge >= 0.3 is 5.97 Å². The highest BCUT2D eigenvalue weighted by molar-refractivity contribution is 7.15. The molecular weight excluding hydrogens is 294 g/mol. The van der Waals surface area contributed by atoms with E-state index in [1.807, 2.05) is 36.4 Å². The Morgan fingerprint density at radius 3 is 2.80 bits per heavy atom. The van der Waals surface area contributed by atoms with Gasteiger partial charge in [-0.1, -0.05) is 29.8 Å². The topological polar surface area (TPSA) is 52.3 Å². The SMILES string of the molecule is CCOC(=O)C(N)Cc1ccc(-c2ccccc2Cl)s1. The van der Waals surface area contributed by atoms with Crippen LogP contribution in [0.15, 0.2) is 36.4 Å². The number of ether oxygens (including phenoxy) is 1. The fourth-order valence-electron chi connectivity index (χ4n) is 1.84. The first-order valence-electron chi connectivity index (χ1n) is 6.37. The quantitative estimate of drug-likeness (QED) is 0.860. The number of halogens is 1. The molecule has 20 heavy (non-hydrogen) atoms. The lowest BCUT2D eigenvalue weighted by Gasteiger charge is -2.08. The van der Waals surface area contributed by atoms with Crippen LogP contribution in [-0.2, 0) is 16.0 Å². The van der Waals surface area contributed by atoms with Crippen LogP contribution in [0.1, 0.15) is 11.8 Å². The summed E-state index contributed by atoms with van der Waals surface area (Å²) in [6, 6.07) is 11.0. The molecule has 0 fully saturated rings. The zero-order valence-corrected chi connectivity index (χ0v) is 12.7. The van der Waals surface area contributed by atoms with Gasteiger partial charge in [-0.3, -0.25) is 4.79 Å². The first-order chi connectivity index (χ1) is 9.61. The van der Waals surface area contributed by atoms with Crippen LogP contribution in [0.3, 0.4) is 0 Å². The van der Waals surface area contributed by atoms with Crippen molar-refractivity contribution in [1.29, 1.82) is 0 Å². The largest absolute Gasteiger partial charge is 0.465 e. The van der Waals surface area contributed by atoms with Crippen LogP contribution in [-0.4, -0.2) is 18.6 Å². The third-order valence-corrected chi connectivity index (χ3v) is 4.28. The summed E-state index contributed by atoms with van der Waals surface area (Å²) in [6.07, 6.45) is 0.480. The first-order valence-corrected chi connectivity index (χ1v) is 7.57. The lowest BCUT2D eigenvalue weighted by atomic mass is 10.2. The van der Waals surface area contributed by atoms with E-state index in [1.165, 1.54) is 0 Å². The molecule has 106 valence electrons. The van der Waals surface area contributed by atoms with Gasteiger partial charge in [0, 0.05) is 26.8 Å². The maximum absolute atomic E-state index is 11.5. The average molecular weight is 310 g/mol. The predicted octanol–water partition coefficient (Wildman–Crippen LogP) is 3.50. The second kappa shape index (κ2) is 6.88. The smallest absolute Gasteiger partial charge is 0.323 e. The van der Waals surface area contributed by atoms with Gasteiger partial charge in [-0.25, -0.2) is 0 Å². The molecule has 3 nitrogen and oxygen atoms in total. The highest BCUT2D eigenvalue weighted by Gasteiger charge is 2.16. The molecule has 2 rings (SSSR count). The molecule has 1 unspecified atom stereocenters. The number of hydrogen-bond donors (Lipinski definition) is 1. The number of rotatable bonds is 5. The molecular formula is C15H16ClNO2S. The number of carbonyl (C=O) groups is 1. The second-order valence-corrected chi connectivity index (χ2v) is 5.88. The standard InChI is InChI=1S/C15H16ClNO2S/c1-2-19-15(18)13(17)9-10-7-8-14(20-10)11-5-3-4-6-12(11)16/h3-8,13H,2,9,17H2,1H3. The van der Waals surface area contributed by atoms with Gasteiger partial charge in [0.2, 0.25) is 0 Å². The van der Waals surface area contributed by atoms with E-state index in [9.17, 15) is 4.79 Å². The Balaban J connectivity index is 2.10. The number of carbonyl (C=O) groups excluding carboxylic acids is 1. The number of benzene rings is 1. The van der Waals surface area contributed by atoms with Crippen molar-refractivity contribution >= 4 is 28.9 Å². The number of esters is 1. The molecule has 0 amide bonds. The number of nitrogens with two attached hydrogens (primary N) is 1. The van der Waals surface area contributed by atoms with Crippen molar-refractivity contribution in [3.63, 3.8) is 0 Å². The minimum atomic E-state index is -0.618. The van der Waals surface area contributed by atoms with Crippen molar-refractivity contribution in [3.8, 4) is 10.4 Å². The van der Waals surface area contributed by atoms with Crippen LogP contribution < -0.4 is 5.73 Å². The van der Waals surface area contributed by atoms with Crippen molar-refractivity contribution in [3.05, 3.63) is 46.3 Å². The van der Waals surface area contributed by atoms with E-state index in [0.717, 1.165) is 20.3 Å². The monoisotopic (exact) mass is 309 g/mol. The first kappa shape index (κ1) is 15.0. The van der Waals surface area contributed by atoms with Crippen LogP contribution in [0.25, 0.3) is 10.4 Å². The number of thiophene rings is 1. The van der Waals surface area contributed by atoms with Gasteiger partial charge in [0.1, 0.15) is 6.04 Å². The van der Waals surface area contributed by atoms with Gasteiger partial charge in [-0.05, 0) is 25.1 Å². The fourth-order valence-corrected chi connectivity index (χ4v) is 3.24. The van der Waals surface area contributed by atoms with Crippen LogP contribution in [0.5, 0.6) is 0 Å². The van der Waals surface area contributed by atoms with Gasteiger partial charge in [-0.15, -0.1) is 11.3 Å². The molecule has 1 atom stereocenters. The summed E-state index contributed by atoms with van der Waals surface area (Å²) >= 11 is 7.77. The summed E-state index contributed by atoms with van der Waals surface area (Å²) < 4.78 is 4.91. The minimum absolute atomic E-state index is 0.349. The molecule has 1 aromatic carbocycles.